The quantitative estimate of drug-likeness (QED) is 0.363. The zero-order chi connectivity index (χ0) is 30.3. The number of hydrogen-bond donors (Lipinski definition) is 3. The van der Waals surface area contributed by atoms with Crippen LogP contribution >= 0.6 is 23.2 Å². The van der Waals surface area contributed by atoms with E-state index in [9.17, 15) is 28.9 Å². The maximum absolute atomic E-state index is 14.7. The standard InChI is InChI=1S/C28H30Cl2F2N4O6/c1-13-6-7-17(23(32)22(13)31)18-11-35(34-33-18)24-25(39)21(12-37)42-27(26(24)41-2)28(40)36(19-4-3-5-20(19)38)16-9-14(29)8-15(30)10-16/h6-11,19-21,24-27,37-39H,3-5,12H2,1-2H3/t19-,20-,21?,24?,25?,26?,27?/m0/s1. The summed E-state index contributed by atoms with van der Waals surface area (Å²) in [6.07, 6.45) is -3.21. The van der Waals surface area contributed by atoms with Crippen LogP contribution in [-0.2, 0) is 14.3 Å². The first-order valence-corrected chi connectivity index (χ1v) is 14.1. The Morgan fingerprint density at radius 1 is 1.17 bits per heavy atom. The molecule has 2 aliphatic rings. The third kappa shape index (κ3) is 5.64. The van der Waals surface area contributed by atoms with Gasteiger partial charge in [0.1, 0.15) is 30.0 Å². The molecule has 0 radical (unpaired) electrons. The van der Waals surface area contributed by atoms with Crippen LogP contribution < -0.4 is 4.90 Å². The number of ether oxygens (including phenoxy) is 2. The number of carbonyl (C=O) groups is 1. The summed E-state index contributed by atoms with van der Waals surface area (Å²) in [6, 6.07) is 5.56. The van der Waals surface area contributed by atoms with Crippen molar-refractivity contribution in [3.8, 4) is 11.3 Å². The number of halogens is 4. The van der Waals surface area contributed by atoms with E-state index < -0.39 is 66.8 Å². The molecule has 10 nitrogen and oxygen atoms in total. The van der Waals surface area contributed by atoms with Gasteiger partial charge in [-0.2, -0.15) is 0 Å². The van der Waals surface area contributed by atoms with E-state index in [1.165, 1.54) is 60.1 Å². The number of carbonyl (C=O) groups excluding carboxylic acids is 1. The van der Waals surface area contributed by atoms with Crippen molar-refractivity contribution in [3.63, 3.8) is 0 Å². The minimum absolute atomic E-state index is 0.0207. The molecule has 3 aromatic rings. The molecule has 1 aliphatic carbocycles. The molecule has 1 aliphatic heterocycles. The Kier molecular flexibility index (Phi) is 9.14. The molecule has 0 bridgehead atoms. The van der Waals surface area contributed by atoms with Crippen LogP contribution in [0.5, 0.6) is 0 Å². The number of methoxy groups -OCH3 is 1. The molecule has 2 heterocycles. The topological polar surface area (TPSA) is 130 Å². The molecule has 42 heavy (non-hydrogen) atoms. The summed E-state index contributed by atoms with van der Waals surface area (Å²) >= 11 is 12.5. The molecule has 5 rings (SSSR count). The highest BCUT2D eigenvalue weighted by molar-refractivity contribution is 6.35. The highest BCUT2D eigenvalue weighted by Crippen LogP contribution is 2.38. The highest BCUT2D eigenvalue weighted by Gasteiger charge is 2.52. The fourth-order valence-electron chi connectivity index (χ4n) is 5.77. The molecule has 0 spiro atoms. The van der Waals surface area contributed by atoms with E-state index in [0.717, 1.165) is 0 Å². The van der Waals surface area contributed by atoms with Crippen molar-refractivity contribution >= 4 is 34.8 Å². The van der Waals surface area contributed by atoms with Crippen molar-refractivity contribution in [1.29, 1.82) is 0 Å². The number of anilines is 1. The lowest BCUT2D eigenvalue weighted by molar-refractivity contribution is -0.211. The minimum atomic E-state index is -1.44. The van der Waals surface area contributed by atoms with E-state index in [2.05, 4.69) is 10.3 Å². The predicted octanol–water partition coefficient (Wildman–Crippen LogP) is 3.46. The summed E-state index contributed by atoms with van der Waals surface area (Å²) in [6.45, 7) is 0.768. The monoisotopic (exact) mass is 626 g/mol. The first kappa shape index (κ1) is 30.7. The molecule has 7 atom stereocenters. The first-order chi connectivity index (χ1) is 20.0. The molecule has 1 amide bonds. The second-order valence-electron chi connectivity index (χ2n) is 10.5. The molecule has 3 N–H and O–H groups in total. The van der Waals surface area contributed by atoms with Gasteiger partial charge in [0.2, 0.25) is 0 Å². The van der Waals surface area contributed by atoms with Crippen molar-refractivity contribution in [2.24, 2.45) is 0 Å². The maximum Gasteiger partial charge on any atom is 0.259 e. The SMILES string of the molecule is COC1C(C(=O)N(c2cc(Cl)cc(Cl)c2)[C@H]2CCC[C@@H]2O)OC(CO)C(O)C1n1cc(-c2ccc(C)c(F)c2F)nn1. The van der Waals surface area contributed by atoms with Gasteiger partial charge in [0.05, 0.1) is 24.9 Å². The second kappa shape index (κ2) is 12.5. The number of rotatable bonds is 7. The molecule has 5 unspecified atom stereocenters. The van der Waals surface area contributed by atoms with Gasteiger partial charge in [0.25, 0.3) is 5.91 Å². The van der Waals surface area contributed by atoms with Crippen LogP contribution in [0.15, 0.2) is 36.5 Å². The molecule has 226 valence electrons. The summed E-state index contributed by atoms with van der Waals surface area (Å²) in [5, 5.41) is 40.6. The lowest BCUT2D eigenvalue weighted by Gasteiger charge is -2.45. The number of aromatic nitrogens is 3. The average Bonchev–Trinajstić information content (AvgIpc) is 3.60. The van der Waals surface area contributed by atoms with Gasteiger partial charge < -0.3 is 29.7 Å². The van der Waals surface area contributed by atoms with Crippen molar-refractivity contribution in [1.82, 2.24) is 15.0 Å². The van der Waals surface area contributed by atoms with Gasteiger partial charge in [-0.3, -0.25) is 4.79 Å². The van der Waals surface area contributed by atoms with E-state index in [-0.39, 0.29) is 26.9 Å². The van der Waals surface area contributed by atoms with E-state index in [0.29, 0.717) is 24.9 Å². The second-order valence-corrected chi connectivity index (χ2v) is 11.4. The Morgan fingerprint density at radius 2 is 1.88 bits per heavy atom. The van der Waals surface area contributed by atoms with Crippen LogP contribution in [0.25, 0.3) is 11.3 Å². The van der Waals surface area contributed by atoms with Crippen LogP contribution in [0.3, 0.4) is 0 Å². The van der Waals surface area contributed by atoms with E-state index >= 15 is 0 Å². The molecular formula is C28H30Cl2F2N4O6. The molecule has 1 saturated carbocycles. The zero-order valence-corrected chi connectivity index (χ0v) is 24.2. The smallest absolute Gasteiger partial charge is 0.259 e. The number of hydrogen-bond acceptors (Lipinski definition) is 8. The van der Waals surface area contributed by atoms with Gasteiger partial charge in [-0.1, -0.05) is 34.5 Å². The third-order valence-corrected chi connectivity index (χ3v) is 8.32. The summed E-state index contributed by atoms with van der Waals surface area (Å²) in [4.78, 5) is 15.7. The lowest BCUT2D eigenvalue weighted by atomic mass is 9.91. The number of benzene rings is 2. The summed E-state index contributed by atoms with van der Waals surface area (Å²) in [5.74, 6) is -2.76. The number of aliphatic hydroxyl groups is 3. The van der Waals surface area contributed by atoms with Gasteiger partial charge in [0.15, 0.2) is 17.7 Å². The molecule has 1 saturated heterocycles. The molecule has 2 aromatic carbocycles. The fourth-order valence-corrected chi connectivity index (χ4v) is 6.28. The Labute approximate surface area is 250 Å². The molecular weight excluding hydrogens is 597 g/mol. The van der Waals surface area contributed by atoms with Crippen molar-refractivity contribution < 1.29 is 38.4 Å². The van der Waals surface area contributed by atoms with Gasteiger partial charge >= 0.3 is 0 Å². The molecule has 14 heteroatoms. The summed E-state index contributed by atoms with van der Waals surface area (Å²) in [7, 11) is 1.31. The van der Waals surface area contributed by atoms with Gasteiger partial charge in [-0.05, 0) is 56.0 Å². The number of aryl methyl sites for hydroxylation is 1. The third-order valence-electron chi connectivity index (χ3n) is 7.89. The predicted molar refractivity (Wildman–Crippen MR) is 149 cm³/mol. The van der Waals surface area contributed by atoms with Gasteiger partial charge in [0, 0.05) is 28.4 Å². The fraction of sp³-hybridized carbons (Fsp3) is 0.464. The normalized spacial score (nSPS) is 27.8. The molecule has 1 aromatic heterocycles. The Balaban J connectivity index is 1.55. The number of aliphatic hydroxyl groups excluding tert-OH is 3. The number of nitrogens with zero attached hydrogens (tertiary/aromatic N) is 4. The van der Waals surface area contributed by atoms with Crippen LogP contribution in [0.4, 0.5) is 14.5 Å². The van der Waals surface area contributed by atoms with Crippen molar-refractivity contribution in [2.45, 2.75) is 68.8 Å². The Bertz CT molecular complexity index is 1440. The average molecular weight is 627 g/mol. The largest absolute Gasteiger partial charge is 0.394 e. The van der Waals surface area contributed by atoms with Crippen LogP contribution in [-0.4, -0.2) is 86.5 Å². The zero-order valence-electron chi connectivity index (χ0n) is 22.7. The molecule has 2 fully saturated rings. The summed E-state index contributed by atoms with van der Waals surface area (Å²) in [5.41, 5.74) is 0.274. The van der Waals surface area contributed by atoms with E-state index in [1.54, 1.807) is 0 Å². The minimum Gasteiger partial charge on any atom is -0.394 e. The van der Waals surface area contributed by atoms with Gasteiger partial charge in [-0.25, -0.2) is 13.5 Å². The van der Waals surface area contributed by atoms with Crippen molar-refractivity contribution in [2.75, 3.05) is 18.6 Å². The lowest BCUT2D eigenvalue weighted by Crippen LogP contribution is -2.62. The summed E-state index contributed by atoms with van der Waals surface area (Å²) < 4.78 is 41.8. The van der Waals surface area contributed by atoms with Crippen molar-refractivity contribution in [3.05, 3.63) is 63.8 Å². The van der Waals surface area contributed by atoms with Crippen LogP contribution in [0.2, 0.25) is 10.0 Å². The maximum atomic E-state index is 14.7. The van der Waals surface area contributed by atoms with Crippen LogP contribution in [0, 0.1) is 18.6 Å². The van der Waals surface area contributed by atoms with E-state index in [4.69, 9.17) is 32.7 Å². The highest BCUT2D eigenvalue weighted by atomic mass is 35.5. The Morgan fingerprint density at radius 3 is 2.50 bits per heavy atom. The number of amides is 1. The first-order valence-electron chi connectivity index (χ1n) is 13.4. The van der Waals surface area contributed by atoms with E-state index in [1.807, 2.05) is 0 Å². The van der Waals surface area contributed by atoms with Gasteiger partial charge in [-0.15, -0.1) is 5.10 Å². The Hall–Kier alpha value is -2.71. The van der Waals surface area contributed by atoms with Crippen LogP contribution in [0.1, 0.15) is 30.9 Å².